The molecule has 5 heteroatoms. The second-order valence-electron chi connectivity index (χ2n) is 5.89. The van der Waals surface area contributed by atoms with Crippen LogP contribution in [-0.4, -0.2) is 29.4 Å². The topological polar surface area (TPSA) is 57.6 Å². The van der Waals surface area contributed by atoms with Crippen molar-refractivity contribution in [3.8, 4) is 0 Å². The van der Waals surface area contributed by atoms with Crippen molar-refractivity contribution >= 4 is 29.0 Å². The van der Waals surface area contributed by atoms with Crippen LogP contribution in [0.5, 0.6) is 0 Å². The quantitative estimate of drug-likeness (QED) is 0.925. The van der Waals surface area contributed by atoms with Crippen molar-refractivity contribution in [1.29, 1.82) is 0 Å². The van der Waals surface area contributed by atoms with Gasteiger partial charge in [0.2, 0.25) is 5.91 Å². The highest BCUT2D eigenvalue weighted by molar-refractivity contribution is 6.30. The Morgan fingerprint density at radius 2 is 2.00 bits per heavy atom. The summed E-state index contributed by atoms with van der Waals surface area (Å²) >= 11 is 6.09. The lowest BCUT2D eigenvalue weighted by Gasteiger charge is -2.30. The number of aliphatic hydroxyl groups excluding tert-OH is 1. The largest absolute Gasteiger partial charge is 0.396 e. The van der Waals surface area contributed by atoms with E-state index in [0.29, 0.717) is 22.7 Å². The molecule has 2 atom stereocenters. The molecule has 1 heterocycles. The van der Waals surface area contributed by atoms with E-state index in [1.165, 1.54) is 6.92 Å². The first kappa shape index (κ1) is 16.7. The summed E-state index contributed by atoms with van der Waals surface area (Å²) in [7, 11) is 0. The number of carbonyl (C=O) groups is 2. The summed E-state index contributed by atoms with van der Waals surface area (Å²) in [4.78, 5) is 26.8. The molecule has 4 nitrogen and oxygen atoms in total. The molecular weight excluding hydrogens is 326 g/mol. The fraction of sp³-hybridized carbons (Fsp3) is 0.263. The number of halogens is 1. The maximum absolute atomic E-state index is 13.0. The summed E-state index contributed by atoms with van der Waals surface area (Å²) < 4.78 is 0. The molecule has 3 rings (SSSR count). The molecule has 0 fully saturated rings. The smallest absolute Gasteiger partial charge is 0.224 e. The molecule has 24 heavy (non-hydrogen) atoms. The van der Waals surface area contributed by atoms with Gasteiger partial charge in [-0.1, -0.05) is 35.9 Å². The monoisotopic (exact) mass is 343 g/mol. The second kappa shape index (κ2) is 6.75. The number of hydrogen-bond acceptors (Lipinski definition) is 3. The van der Waals surface area contributed by atoms with Crippen LogP contribution >= 0.6 is 11.6 Å². The number of para-hydroxylation sites is 1. The number of amides is 1. The van der Waals surface area contributed by atoms with Crippen LogP contribution in [0.1, 0.15) is 35.2 Å². The van der Waals surface area contributed by atoms with Gasteiger partial charge in [-0.25, -0.2) is 0 Å². The lowest BCUT2D eigenvalue weighted by Crippen LogP contribution is -2.43. The lowest BCUT2D eigenvalue weighted by atomic mass is 9.86. The highest BCUT2D eigenvalue weighted by Gasteiger charge is 2.44. The Morgan fingerprint density at radius 1 is 1.25 bits per heavy atom. The first-order valence-electron chi connectivity index (χ1n) is 7.84. The third kappa shape index (κ3) is 2.83. The van der Waals surface area contributed by atoms with Crippen molar-refractivity contribution in [3.63, 3.8) is 0 Å². The number of carbonyl (C=O) groups excluding carboxylic acids is 2. The molecular formula is C19H18ClNO3. The van der Waals surface area contributed by atoms with Gasteiger partial charge in [0.15, 0.2) is 5.78 Å². The zero-order valence-corrected chi connectivity index (χ0v) is 14.0. The average Bonchev–Trinajstić information content (AvgIpc) is 2.86. The van der Waals surface area contributed by atoms with Gasteiger partial charge in [-0.3, -0.25) is 9.59 Å². The molecule has 1 amide bonds. The molecule has 0 saturated carbocycles. The van der Waals surface area contributed by atoms with Crippen molar-refractivity contribution in [2.24, 2.45) is 0 Å². The predicted molar refractivity (Wildman–Crippen MR) is 93.6 cm³/mol. The third-order valence-electron chi connectivity index (χ3n) is 4.41. The van der Waals surface area contributed by atoms with Crippen LogP contribution in [0.25, 0.3) is 0 Å². The minimum absolute atomic E-state index is 0.0803. The summed E-state index contributed by atoms with van der Waals surface area (Å²) in [6.45, 7) is 1.37. The molecule has 2 aromatic carbocycles. The summed E-state index contributed by atoms with van der Waals surface area (Å²) in [5.41, 5.74) is 2.02. The molecule has 1 N–H and O–H groups in total. The summed E-state index contributed by atoms with van der Waals surface area (Å²) in [6.07, 6.45) is 0.370. The number of hydrogen-bond donors (Lipinski definition) is 1. The van der Waals surface area contributed by atoms with E-state index in [9.17, 15) is 14.7 Å². The SMILES string of the molecule is CC(=O)N1c2ccccc2C(=O)[C@H]1[C@@H](CCO)c1cccc(Cl)c1. The number of Topliss-reactive ketones (excluding diaryl/α,β-unsaturated/α-hetero) is 1. The number of rotatable bonds is 4. The van der Waals surface area contributed by atoms with Crippen molar-refractivity contribution < 1.29 is 14.7 Å². The van der Waals surface area contributed by atoms with Crippen molar-refractivity contribution in [2.75, 3.05) is 11.5 Å². The van der Waals surface area contributed by atoms with Gasteiger partial charge in [0.1, 0.15) is 6.04 Å². The molecule has 2 aromatic rings. The first-order valence-corrected chi connectivity index (χ1v) is 8.21. The molecule has 0 unspecified atom stereocenters. The van der Waals surface area contributed by atoms with Gasteiger partial charge in [-0.05, 0) is 36.2 Å². The Hall–Kier alpha value is -2.17. The van der Waals surface area contributed by atoms with Gasteiger partial charge in [0.25, 0.3) is 0 Å². The predicted octanol–water partition coefficient (Wildman–Crippen LogP) is 3.42. The third-order valence-corrected chi connectivity index (χ3v) is 4.65. The molecule has 1 aliphatic heterocycles. The lowest BCUT2D eigenvalue weighted by molar-refractivity contribution is -0.116. The fourth-order valence-electron chi connectivity index (χ4n) is 3.43. The van der Waals surface area contributed by atoms with Gasteiger partial charge in [-0.2, -0.15) is 0 Å². The molecule has 0 aromatic heterocycles. The van der Waals surface area contributed by atoms with E-state index < -0.39 is 6.04 Å². The Balaban J connectivity index is 2.10. The highest BCUT2D eigenvalue weighted by Crippen LogP contribution is 2.40. The fourth-order valence-corrected chi connectivity index (χ4v) is 3.63. The van der Waals surface area contributed by atoms with E-state index in [-0.39, 0.29) is 24.2 Å². The van der Waals surface area contributed by atoms with Crippen LogP contribution in [0, 0.1) is 0 Å². The molecule has 1 aliphatic rings. The maximum Gasteiger partial charge on any atom is 0.224 e. The number of nitrogens with zero attached hydrogens (tertiary/aromatic N) is 1. The Bertz CT molecular complexity index is 790. The molecule has 0 spiro atoms. The van der Waals surface area contributed by atoms with Gasteiger partial charge in [0, 0.05) is 30.0 Å². The number of fused-ring (bicyclic) bond motifs is 1. The Labute approximate surface area is 145 Å². The van der Waals surface area contributed by atoms with E-state index in [2.05, 4.69) is 0 Å². The van der Waals surface area contributed by atoms with Crippen LogP contribution in [0.2, 0.25) is 5.02 Å². The van der Waals surface area contributed by atoms with E-state index in [0.717, 1.165) is 5.56 Å². The molecule has 0 saturated heterocycles. The van der Waals surface area contributed by atoms with Crippen LogP contribution < -0.4 is 4.90 Å². The van der Waals surface area contributed by atoms with Crippen LogP contribution in [-0.2, 0) is 4.79 Å². The summed E-state index contributed by atoms with van der Waals surface area (Å²) in [5, 5.41) is 10.1. The van der Waals surface area contributed by atoms with Crippen LogP contribution in [0.4, 0.5) is 5.69 Å². The van der Waals surface area contributed by atoms with Gasteiger partial charge >= 0.3 is 0 Å². The van der Waals surface area contributed by atoms with Gasteiger partial charge < -0.3 is 10.0 Å². The van der Waals surface area contributed by atoms with E-state index in [1.54, 1.807) is 35.2 Å². The van der Waals surface area contributed by atoms with Gasteiger partial charge in [0.05, 0.1) is 5.69 Å². The standard InChI is InChI=1S/C19H18ClNO3/c1-12(23)21-17-8-3-2-7-16(17)19(24)18(21)15(9-10-22)13-5-4-6-14(20)11-13/h2-8,11,15,18,22H,9-10H2,1H3/t15-,18+/m0/s1. The number of ketones is 1. The first-order chi connectivity index (χ1) is 11.5. The van der Waals surface area contributed by atoms with Gasteiger partial charge in [-0.15, -0.1) is 0 Å². The summed E-state index contributed by atoms with van der Waals surface area (Å²) in [5.74, 6) is -0.611. The number of aliphatic hydroxyl groups is 1. The molecule has 124 valence electrons. The normalized spacial score (nSPS) is 17.7. The number of anilines is 1. The summed E-state index contributed by atoms with van der Waals surface area (Å²) in [6, 6.07) is 13.7. The molecule has 0 aliphatic carbocycles. The minimum atomic E-state index is -0.662. The zero-order chi connectivity index (χ0) is 17.3. The van der Waals surface area contributed by atoms with E-state index in [4.69, 9.17) is 11.6 Å². The maximum atomic E-state index is 13.0. The average molecular weight is 344 g/mol. The van der Waals surface area contributed by atoms with Crippen LogP contribution in [0.15, 0.2) is 48.5 Å². The second-order valence-corrected chi connectivity index (χ2v) is 6.33. The van der Waals surface area contributed by atoms with Crippen LogP contribution in [0.3, 0.4) is 0 Å². The highest BCUT2D eigenvalue weighted by atomic mass is 35.5. The van der Waals surface area contributed by atoms with Crippen molar-refractivity contribution in [3.05, 3.63) is 64.7 Å². The Kier molecular flexibility index (Phi) is 4.69. The number of benzene rings is 2. The van der Waals surface area contributed by atoms with Crippen molar-refractivity contribution in [2.45, 2.75) is 25.3 Å². The van der Waals surface area contributed by atoms with E-state index in [1.807, 2.05) is 18.2 Å². The van der Waals surface area contributed by atoms with Crippen molar-refractivity contribution in [1.82, 2.24) is 0 Å². The minimum Gasteiger partial charge on any atom is -0.396 e. The Morgan fingerprint density at radius 3 is 2.67 bits per heavy atom. The zero-order valence-electron chi connectivity index (χ0n) is 13.3. The van der Waals surface area contributed by atoms with E-state index >= 15 is 0 Å². The molecule has 0 bridgehead atoms. The molecule has 0 radical (unpaired) electrons.